The van der Waals surface area contributed by atoms with Gasteiger partial charge in [-0.2, -0.15) is 5.10 Å². The number of benzene rings is 1. The maximum absolute atomic E-state index is 5.41. The van der Waals surface area contributed by atoms with Crippen molar-refractivity contribution < 1.29 is 4.74 Å². The molecule has 4 rings (SSSR count). The Morgan fingerprint density at radius 2 is 1.92 bits per heavy atom. The maximum Gasteiger partial charge on any atom is 0.124 e. The lowest BCUT2D eigenvalue weighted by atomic mass is 10.1. The first-order valence-electron chi connectivity index (χ1n) is 9.21. The number of morpholine rings is 1. The van der Waals surface area contributed by atoms with Crippen molar-refractivity contribution in [3.05, 3.63) is 47.7 Å². The highest BCUT2D eigenvalue weighted by atomic mass is 16.5. The number of nitrogens with one attached hydrogen (secondary N) is 2. The third-order valence-corrected chi connectivity index (χ3v) is 5.01. The molecule has 6 nitrogen and oxygen atoms in total. The summed E-state index contributed by atoms with van der Waals surface area (Å²) in [6, 6.07) is 11.0. The van der Waals surface area contributed by atoms with Crippen LogP contribution in [-0.2, 0) is 24.4 Å². The Hall–Kier alpha value is -1.89. The minimum absolute atomic E-state index is 0.577. The molecule has 0 aliphatic carbocycles. The van der Waals surface area contributed by atoms with Crippen molar-refractivity contribution in [3.63, 3.8) is 0 Å². The Kier molecular flexibility index (Phi) is 5.30. The second kappa shape index (κ2) is 7.99. The van der Waals surface area contributed by atoms with Crippen LogP contribution < -0.4 is 10.6 Å². The smallest absolute Gasteiger partial charge is 0.124 e. The van der Waals surface area contributed by atoms with Crippen molar-refractivity contribution in [1.29, 1.82) is 0 Å². The molecule has 2 aliphatic heterocycles. The molecule has 0 amide bonds. The van der Waals surface area contributed by atoms with Crippen LogP contribution in [0.5, 0.6) is 0 Å². The monoisotopic (exact) mass is 341 g/mol. The van der Waals surface area contributed by atoms with E-state index in [1.54, 1.807) is 0 Å². The molecule has 2 N–H and O–H groups in total. The van der Waals surface area contributed by atoms with Crippen LogP contribution in [0.1, 0.15) is 11.1 Å². The highest BCUT2D eigenvalue weighted by Gasteiger charge is 2.17. The Balaban J connectivity index is 1.21. The zero-order chi connectivity index (χ0) is 16.9. The highest BCUT2D eigenvalue weighted by molar-refractivity contribution is 5.35. The topological polar surface area (TPSA) is 54.4 Å². The molecule has 0 radical (unpaired) electrons. The molecule has 1 aromatic heterocycles. The van der Waals surface area contributed by atoms with E-state index in [1.165, 1.54) is 11.1 Å². The molecule has 2 aliphatic rings. The lowest BCUT2D eigenvalue weighted by molar-refractivity contribution is 0.0342. The third-order valence-electron chi connectivity index (χ3n) is 5.01. The molecule has 0 unspecified atom stereocenters. The molecule has 0 bridgehead atoms. The van der Waals surface area contributed by atoms with E-state index in [1.807, 2.05) is 12.3 Å². The zero-order valence-corrected chi connectivity index (χ0v) is 14.7. The lowest BCUT2D eigenvalue weighted by Crippen LogP contribution is -2.35. The second-order valence-corrected chi connectivity index (χ2v) is 6.98. The van der Waals surface area contributed by atoms with Gasteiger partial charge in [-0.1, -0.05) is 24.3 Å². The molecule has 25 heavy (non-hydrogen) atoms. The van der Waals surface area contributed by atoms with Gasteiger partial charge in [0.2, 0.25) is 0 Å². The summed E-state index contributed by atoms with van der Waals surface area (Å²) in [6.45, 7) is 8.74. The molecule has 1 aromatic carbocycles. The summed E-state index contributed by atoms with van der Waals surface area (Å²) in [5.74, 6) is 1.71. The van der Waals surface area contributed by atoms with Gasteiger partial charge in [-0.3, -0.25) is 4.90 Å². The van der Waals surface area contributed by atoms with Gasteiger partial charge in [-0.05, 0) is 11.1 Å². The van der Waals surface area contributed by atoms with Crippen molar-refractivity contribution in [2.45, 2.75) is 19.6 Å². The lowest BCUT2D eigenvalue weighted by Gasteiger charge is -2.26. The minimum Gasteiger partial charge on any atom is -0.379 e. The molecule has 1 fully saturated rings. The number of hydrogen-bond acceptors (Lipinski definition) is 5. The van der Waals surface area contributed by atoms with E-state index in [-0.39, 0.29) is 0 Å². The van der Waals surface area contributed by atoms with E-state index in [0.29, 0.717) is 5.92 Å². The SMILES string of the molecule is c1cc2n(n1)C[C@@H](CNCc1ccc(CN3CCOCC3)cc1)CN2. The first-order chi connectivity index (χ1) is 12.4. The van der Waals surface area contributed by atoms with E-state index in [9.17, 15) is 0 Å². The van der Waals surface area contributed by atoms with Crippen molar-refractivity contribution in [2.24, 2.45) is 5.92 Å². The van der Waals surface area contributed by atoms with Gasteiger partial charge in [0.1, 0.15) is 5.82 Å². The summed E-state index contributed by atoms with van der Waals surface area (Å²) < 4.78 is 7.46. The summed E-state index contributed by atoms with van der Waals surface area (Å²) in [5.41, 5.74) is 2.72. The van der Waals surface area contributed by atoms with Crippen molar-refractivity contribution in [3.8, 4) is 0 Å². The third kappa shape index (κ3) is 4.39. The summed E-state index contributed by atoms with van der Waals surface area (Å²) in [5, 5.41) is 11.4. The van der Waals surface area contributed by atoms with Crippen LogP contribution in [0.3, 0.4) is 0 Å². The Morgan fingerprint density at radius 1 is 1.12 bits per heavy atom. The average molecular weight is 341 g/mol. The van der Waals surface area contributed by atoms with E-state index in [2.05, 4.69) is 49.6 Å². The fraction of sp³-hybridized carbons (Fsp3) is 0.526. The van der Waals surface area contributed by atoms with Crippen LogP contribution in [-0.4, -0.2) is 54.1 Å². The molecule has 2 aromatic rings. The predicted octanol–water partition coefficient (Wildman–Crippen LogP) is 1.55. The predicted molar refractivity (Wildman–Crippen MR) is 98.5 cm³/mol. The van der Waals surface area contributed by atoms with Gasteiger partial charge in [-0.25, -0.2) is 4.68 Å². The van der Waals surface area contributed by atoms with Crippen LogP contribution in [0.4, 0.5) is 5.82 Å². The van der Waals surface area contributed by atoms with Gasteiger partial charge in [0.05, 0.1) is 19.4 Å². The molecule has 1 atom stereocenters. The first kappa shape index (κ1) is 16.6. The number of aromatic nitrogens is 2. The normalized spacial score (nSPS) is 20.9. The molecular formula is C19H27N5O. The van der Waals surface area contributed by atoms with E-state index in [4.69, 9.17) is 4.74 Å². The molecule has 1 saturated heterocycles. The second-order valence-electron chi connectivity index (χ2n) is 6.98. The van der Waals surface area contributed by atoms with Crippen molar-refractivity contribution >= 4 is 5.82 Å². The molecule has 134 valence electrons. The largest absolute Gasteiger partial charge is 0.379 e. The van der Waals surface area contributed by atoms with Gasteiger partial charge in [0, 0.05) is 57.8 Å². The Morgan fingerprint density at radius 3 is 2.76 bits per heavy atom. The summed E-state index contributed by atoms with van der Waals surface area (Å²) in [7, 11) is 0. The van der Waals surface area contributed by atoms with Crippen LogP contribution in [0, 0.1) is 5.92 Å². The molecule has 3 heterocycles. The number of anilines is 1. The number of ether oxygens (including phenoxy) is 1. The van der Waals surface area contributed by atoms with E-state index in [0.717, 1.165) is 64.8 Å². The summed E-state index contributed by atoms with van der Waals surface area (Å²) in [6.07, 6.45) is 1.86. The molecular weight excluding hydrogens is 314 g/mol. The highest BCUT2D eigenvalue weighted by Crippen LogP contribution is 2.16. The van der Waals surface area contributed by atoms with Gasteiger partial charge in [0.25, 0.3) is 0 Å². The molecule has 0 spiro atoms. The fourth-order valence-corrected chi connectivity index (χ4v) is 3.52. The summed E-state index contributed by atoms with van der Waals surface area (Å²) in [4.78, 5) is 2.45. The standard InChI is InChI=1S/C19H27N5O/c1-3-17(14-23-7-9-25-10-8-23)4-2-16(1)11-20-12-18-13-21-19-5-6-22-24(19)15-18/h1-6,18,20-21H,7-15H2/t18-/m0/s1. The van der Waals surface area contributed by atoms with Gasteiger partial charge < -0.3 is 15.4 Å². The summed E-state index contributed by atoms with van der Waals surface area (Å²) >= 11 is 0. The Bertz CT molecular complexity index is 663. The fourth-order valence-electron chi connectivity index (χ4n) is 3.52. The van der Waals surface area contributed by atoms with E-state index < -0.39 is 0 Å². The quantitative estimate of drug-likeness (QED) is 0.835. The van der Waals surface area contributed by atoms with E-state index >= 15 is 0 Å². The van der Waals surface area contributed by atoms with Crippen LogP contribution in [0.25, 0.3) is 0 Å². The van der Waals surface area contributed by atoms with Gasteiger partial charge in [-0.15, -0.1) is 0 Å². The maximum atomic E-state index is 5.41. The Labute approximate surface area is 149 Å². The van der Waals surface area contributed by atoms with Gasteiger partial charge >= 0.3 is 0 Å². The molecule has 0 saturated carbocycles. The van der Waals surface area contributed by atoms with Crippen LogP contribution in [0.15, 0.2) is 36.5 Å². The zero-order valence-electron chi connectivity index (χ0n) is 14.7. The van der Waals surface area contributed by atoms with Crippen molar-refractivity contribution in [2.75, 3.05) is 44.7 Å². The number of nitrogens with zero attached hydrogens (tertiary/aromatic N) is 3. The minimum atomic E-state index is 0.577. The van der Waals surface area contributed by atoms with Crippen LogP contribution >= 0.6 is 0 Å². The molecule has 6 heteroatoms. The number of fused-ring (bicyclic) bond motifs is 1. The van der Waals surface area contributed by atoms with Crippen molar-refractivity contribution in [1.82, 2.24) is 20.0 Å². The number of hydrogen-bond donors (Lipinski definition) is 2. The average Bonchev–Trinajstić information content (AvgIpc) is 3.12. The van der Waals surface area contributed by atoms with Gasteiger partial charge in [0.15, 0.2) is 0 Å². The number of rotatable bonds is 6. The van der Waals surface area contributed by atoms with Crippen LogP contribution in [0.2, 0.25) is 0 Å². The first-order valence-corrected chi connectivity index (χ1v) is 9.21.